The van der Waals surface area contributed by atoms with E-state index in [-0.39, 0.29) is 11.3 Å². The molecule has 2 aromatic heterocycles. The predicted molar refractivity (Wildman–Crippen MR) is 123 cm³/mol. The summed E-state index contributed by atoms with van der Waals surface area (Å²) in [5, 5.41) is 14.0. The summed E-state index contributed by atoms with van der Waals surface area (Å²) in [4.78, 5) is 29.1. The molecule has 4 rings (SSSR count). The molecule has 0 spiro atoms. The molecule has 158 valence electrons. The van der Waals surface area contributed by atoms with Gasteiger partial charge < -0.3 is 10.0 Å². The summed E-state index contributed by atoms with van der Waals surface area (Å²) < 4.78 is 1.64. The van der Waals surface area contributed by atoms with Crippen LogP contribution in [0.25, 0.3) is 10.2 Å². The van der Waals surface area contributed by atoms with E-state index in [0.717, 1.165) is 23.2 Å². The molecular weight excluding hydrogens is 396 g/mol. The minimum absolute atomic E-state index is 0.120. The molecule has 1 aromatic carbocycles. The number of thiophene rings is 1. The zero-order valence-electron chi connectivity index (χ0n) is 17.6. The van der Waals surface area contributed by atoms with Crippen molar-refractivity contribution in [1.29, 1.82) is 0 Å². The number of fused-ring (bicyclic) bond motifs is 1. The van der Waals surface area contributed by atoms with Gasteiger partial charge in [0.15, 0.2) is 0 Å². The third kappa shape index (κ3) is 3.43. The first-order valence-electron chi connectivity index (χ1n) is 10.8. The highest BCUT2D eigenvalue weighted by atomic mass is 32.1. The Morgan fingerprint density at radius 2 is 1.87 bits per heavy atom. The smallest absolute Gasteiger partial charge is 0.268 e. The van der Waals surface area contributed by atoms with Crippen LogP contribution in [0.1, 0.15) is 67.8 Å². The number of aromatic nitrogens is 1. The van der Waals surface area contributed by atoms with Crippen LogP contribution < -0.4 is 10.5 Å². The van der Waals surface area contributed by atoms with Crippen LogP contribution in [0.5, 0.6) is 5.75 Å². The fraction of sp³-hybridized carbons (Fsp3) is 0.417. The number of anilines is 1. The third-order valence-corrected chi connectivity index (χ3v) is 7.20. The van der Waals surface area contributed by atoms with Gasteiger partial charge in [0.25, 0.3) is 11.5 Å². The molecule has 0 atom stereocenters. The van der Waals surface area contributed by atoms with Crippen LogP contribution in [-0.2, 0) is 6.54 Å². The molecule has 1 fully saturated rings. The fourth-order valence-electron chi connectivity index (χ4n) is 4.63. The van der Waals surface area contributed by atoms with Crippen LogP contribution >= 0.6 is 11.3 Å². The number of rotatable bonds is 5. The maximum Gasteiger partial charge on any atom is 0.268 e. The zero-order chi connectivity index (χ0) is 21.3. The second-order valence-electron chi connectivity index (χ2n) is 7.86. The Balaban J connectivity index is 1.91. The van der Waals surface area contributed by atoms with Crippen molar-refractivity contribution in [3.05, 3.63) is 57.2 Å². The summed E-state index contributed by atoms with van der Waals surface area (Å²) >= 11 is 1.50. The van der Waals surface area contributed by atoms with Gasteiger partial charge in [0.2, 0.25) is 0 Å². The van der Waals surface area contributed by atoms with E-state index in [1.807, 2.05) is 44.2 Å². The Bertz CT molecular complexity index is 1110. The van der Waals surface area contributed by atoms with Gasteiger partial charge in [-0.3, -0.25) is 14.2 Å². The number of aryl methyl sites for hydroxylation is 1. The van der Waals surface area contributed by atoms with Gasteiger partial charge in [0.05, 0.1) is 5.39 Å². The maximum atomic E-state index is 13.5. The molecule has 1 aliphatic rings. The Hall–Kier alpha value is -2.60. The highest BCUT2D eigenvalue weighted by Gasteiger charge is 2.30. The van der Waals surface area contributed by atoms with Crippen LogP contribution in [0.15, 0.2) is 40.5 Å². The Kier molecular flexibility index (Phi) is 5.95. The maximum absolute atomic E-state index is 13.5. The van der Waals surface area contributed by atoms with E-state index in [1.54, 1.807) is 9.47 Å². The van der Waals surface area contributed by atoms with E-state index >= 15 is 0 Å². The second-order valence-corrected chi connectivity index (χ2v) is 8.72. The third-order valence-electron chi connectivity index (χ3n) is 6.18. The number of carbonyl (C=O) groups is 1. The van der Waals surface area contributed by atoms with E-state index < -0.39 is 11.5 Å². The Morgan fingerprint density at radius 3 is 2.50 bits per heavy atom. The van der Waals surface area contributed by atoms with Crippen molar-refractivity contribution in [1.82, 2.24) is 4.57 Å². The lowest BCUT2D eigenvalue weighted by molar-refractivity contribution is 0.0984. The van der Waals surface area contributed by atoms with Crippen molar-refractivity contribution in [2.24, 2.45) is 0 Å². The average Bonchev–Trinajstić information content (AvgIpc) is 3.21. The van der Waals surface area contributed by atoms with Crippen molar-refractivity contribution in [2.45, 2.75) is 58.4 Å². The quantitative estimate of drug-likeness (QED) is 0.588. The van der Waals surface area contributed by atoms with Gasteiger partial charge in [-0.2, -0.15) is 0 Å². The summed E-state index contributed by atoms with van der Waals surface area (Å²) in [5.41, 5.74) is 1.26. The monoisotopic (exact) mass is 424 g/mol. The molecule has 30 heavy (non-hydrogen) atoms. The first-order chi connectivity index (χ1) is 14.6. The Morgan fingerprint density at radius 1 is 1.17 bits per heavy atom. The lowest BCUT2D eigenvalue weighted by atomic mass is 9.84. The normalized spacial score (nSPS) is 14.9. The number of nitrogens with zero attached hydrogens (tertiary/aromatic N) is 2. The molecule has 1 saturated carbocycles. The molecule has 0 saturated heterocycles. The van der Waals surface area contributed by atoms with Gasteiger partial charge in [-0.25, -0.2) is 0 Å². The molecule has 1 N–H and O–H groups in total. The Labute approximate surface area is 180 Å². The highest BCUT2D eigenvalue weighted by molar-refractivity contribution is 7.17. The van der Waals surface area contributed by atoms with Crippen LogP contribution in [0.3, 0.4) is 0 Å². The summed E-state index contributed by atoms with van der Waals surface area (Å²) in [7, 11) is 0. The first-order valence-corrected chi connectivity index (χ1v) is 11.7. The number of aromatic hydroxyl groups is 1. The van der Waals surface area contributed by atoms with Gasteiger partial charge in [-0.15, -0.1) is 11.3 Å². The largest absolute Gasteiger partial charge is 0.506 e. The number of hydrogen-bond acceptors (Lipinski definition) is 4. The summed E-state index contributed by atoms with van der Waals surface area (Å²) in [6.07, 6.45) is 5.78. The minimum atomic E-state index is -0.448. The first kappa shape index (κ1) is 20.7. The van der Waals surface area contributed by atoms with Crippen molar-refractivity contribution in [3.8, 4) is 5.75 Å². The van der Waals surface area contributed by atoms with Gasteiger partial charge in [-0.05, 0) is 55.7 Å². The summed E-state index contributed by atoms with van der Waals surface area (Å²) in [5.74, 6) is -0.224. The van der Waals surface area contributed by atoms with E-state index in [9.17, 15) is 14.7 Å². The van der Waals surface area contributed by atoms with E-state index in [0.29, 0.717) is 30.1 Å². The standard InChI is InChI=1S/C24H28N2O3S/c1-3-25(17-13-9-6-10-14-17)22(28)20-21(27)19-18(16-11-7-5-8-12-16)15-30-24(19)26(4-2)23(20)29/h6,9-10,13-16,27H,3-5,7-8,11-12H2,1-2H3. The number of para-hydroxylation sites is 1. The number of pyridine rings is 1. The fourth-order valence-corrected chi connectivity index (χ4v) is 5.85. The average molecular weight is 425 g/mol. The van der Waals surface area contributed by atoms with Crippen molar-refractivity contribution >= 4 is 33.1 Å². The van der Waals surface area contributed by atoms with Crippen LogP contribution in [0.4, 0.5) is 5.69 Å². The SMILES string of the molecule is CCN(C(=O)c1c(O)c2c(C3CCCCC3)csc2n(CC)c1=O)c1ccccc1. The van der Waals surface area contributed by atoms with Gasteiger partial charge in [0.1, 0.15) is 16.1 Å². The molecule has 0 bridgehead atoms. The van der Waals surface area contributed by atoms with Crippen molar-refractivity contribution in [3.63, 3.8) is 0 Å². The molecule has 5 nitrogen and oxygen atoms in total. The molecule has 0 aliphatic heterocycles. The van der Waals surface area contributed by atoms with Crippen LogP contribution in [0.2, 0.25) is 0 Å². The molecule has 6 heteroatoms. The van der Waals surface area contributed by atoms with Crippen LogP contribution in [0, 0.1) is 0 Å². The lowest BCUT2D eigenvalue weighted by Crippen LogP contribution is -2.36. The van der Waals surface area contributed by atoms with Crippen molar-refractivity contribution < 1.29 is 9.90 Å². The predicted octanol–water partition coefficient (Wildman–Crippen LogP) is 5.50. The van der Waals surface area contributed by atoms with E-state index in [4.69, 9.17) is 0 Å². The molecule has 0 radical (unpaired) electrons. The van der Waals surface area contributed by atoms with Crippen LogP contribution in [-0.4, -0.2) is 22.1 Å². The second kappa shape index (κ2) is 8.64. The van der Waals surface area contributed by atoms with Gasteiger partial charge in [0, 0.05) is 18.8 Å². The number of amides is 1. The molecule has 1 amide bonds. The zero-order valence-corrected chi connectivity index (χ0v) is 18.4. The minimum Gasteiger partial charge on any atom is -0.506 e. The van der Waals surface area contributed by atoms with Crippen molar-refractivity contribution in [2.75, 3.05) is 11.4 Å². The van der Waals surface area contributed by atoms with Gasteiger partial charge >= 0.3 is 0 Å². The van der Waals surface area contributed by atoms with E-state index in [1.165, 1.54) is 30.6 Å². The summed E-state index contributed by atoms with van der Waals surface area (Å²) in [6.45, 7) is 4.64. The topological polar surface area (TPSA) is 62.5 Å². The van der Waals surface area contributed by atoms with Gasteiger partial charge in [-0.1, -0.05) is 37.5 Å². The molecular formula is C24H28N2O3S. The van der Waals surface area contributed by atoms with E-state index in [2.05, 4.69) is 5.38 Å². The number of hydrogen-bond donors (Lipinski definition) is 1. The number of benzene rings is 1. The number of carbonyl (C=O) groups excluding carboxylic acids is 1. The summed E-state index contributed by atoms with van der Waals surface area (Å²) in [6, 6.07) is 9.29. The molecule has 2 heterocycles. The molecule has 1 aliphatic carbocycles. The molecule has 0 unspecified atom stereocenters. The lowest BCUT2D eigenvalue weighted by Gasteiger charge is -2.23. The highest BCUT2D eigenvalue weighted by Crippen LogP contribution is 2.43. The molecule has 3 aromatic rings.